The Morgan fingerprint density at radius 3 is 2.84 bits per heavy atom. The van der Waals surface area contributed by atoms with Crippen LogP contribution in [0.5, 0.6) is 0 Å². The summed E-state index contributed by atoms with van der Waals surface area (Å²) in [6.07, 6.45) is 5.72. The van der Waals surface area contributed by atoms with Crippen LogP contribution in [-0.2, 0) is 0 Å². The van der Waals surface area contributed by atoms with Gasteiger partial charge in [-0.1, -0.05) is 20.8 Å². The molecule has 1 aromatic rings. The van der Waals surface area contributed by atoms with Gasteiger partial charge in [0.2, 0.25) is 0 Å². The van der Waals surface area contributed by atoms with E-state index in [1.54, 1.807) is 6.20 Å². The summed E-state index contributed by atoms with van der Waals surface area (Å²) >= 11 is 0. The average molecular weight is 255 g/mol. The predicted molar refractivity (Wildman–Crippen MR) is 75.6 cm³/mol. The van der Waals surface area contributed by atoms with Crippen LogP contribution in [0.2, 0.25) is 0 Å². The Labute approximate surface area is 115 Å². The molecule has 0 saturated heterocycles. The molecule has 0 amide bonds. The van der Waals surface area contributed by atoms with Gasteiger partial charge < -0.3 is 5.32 Å². The van der Waals surface area contributed by atoms with Crippen molar-refractivity contribution in [3.05, 3.63) is 24.0 Å². The number of nitriles is 1. The summed E-state index contributed by atoms with van der Waals surface area (Å²) in [5, 5.41) is 12.6. The molecule has 2 aliphatic carbocycles. The van der Waals surface area contributed by atoms with Gasteiger partial charge in [-0.25, -0.2) is 4.98 Å². The van der Waals surface area contributed by atoms with E-state index >= 15 is 0 Å². The number of pyridine rings is 1. The number of aromatic nitrogens is 1. The number of nitrogens with zero attached hydrogens (tertiary/aromatic N) is 2. The van der Waals surface area contributed by atoms with Gasteiger partial charge in [0.15, 0.2) is 0 Å². The van der Waals surface area contributed by atoms with Crippen LogP contribution in [-0.4, -0.2) is 11.0 Å². The van der Waals surface area contributed by atoms with E-state index in [2.05, 4.69) is 37.1 Å². The molecule has 2 fully saturated rings. The topological polar surface area (TPSA) is 48.7 Å². The first-order valence-corrected chi connectivity index (χ1v) is 7.08. The summed E-state index contributed by atoms with van der Waals surface area (Å²) in [4.78, 5) is 4.03. The molecule has 3 heteroatoms. The van der Waals surface area contributed by atoms with Crippen LogP contribution in [0.3, 0.4) is 0 Å². The van der Waals surface area contributed by atoms with Gasteiger partial charge in [0, 0.05) is 17.9 Å². The fourth-order valence-corrected chi connectivity index (χ4v) is 4.41. The van der Waals surface area contributed by atoms with Crippen LogP contribution in [0.4, 0.5) is 5.69 Å². The number of hydrogen-bond donors (Lipinski definition) is 1. The SMILES string of the molecule is CC12CCC(C1)C(C)(C)C2Nc1ccnc(C#N)c1. The van der Waals surface area contributed by atoms with E-state index in [9.17, 15) is 0 Å². The molecule has 0 spiro atoms. The number of fused-ring (bicyclic) bond motifs is 2. The maximum atomic E-state index is 8.94. The maximum Gasteiger partial charge on any atom is 0.142 e. The van der Waals surface area contributed by atoms with Crippen LogP contribution in [0.1, 0.15) is 45.7 Å². The Morgan fingerprint density at radius 2 is 2.21 bits per heavy atom. The zero-order valence-electron chi connectivity index (χ0n) is 11.9. The van der Waals surface area contributed by atoms with E-state index in [1.165, 1.54) is 19.3 Å². The molecule has 3 atom stereocenters. The van der Waals surface area contributed by atoms with Gasteiger partial charge >= 0.3 is 0 Å². The van der Waals surface area contributed by atoms with Crippen molar-refractivity contribution in [2.24, 2.45) is 16.7 Å². The van der Waals surface area contributed by atoms with E-state index in [0.717, 1.165) is 11.6 Å². The molecule has 100 valence electrons. The second-order valence-corrected chi connectivity index (χ2v) is 7.03. The number of nitrogens with one attached hydrogen (secondary N) is 1. The van der Waals surface area contributed by atoms with Crippen LogP contribution in [0.25, 0.3) is 0 Å². The summed E-state index contributed by atoms with van der Waals surface area (Å²) in [6.45, 7) is 7.17. The summed E-state index contributed by atoms with van der Waals surface area (Å²) < 4.78 is 0. The van der Waals surface area contributed by atoms with Gasteiger partial charge in [-0.2, -0.15) is 5.26 Å². The minimum Gasteiger partial charge on any atom is -0.381 e. The Hall–Kier alpha value is -1.56. The Kier molecular flexibility index (Phi) is 2.60. The number of anilines is 1. The van der Waals surface area contributed by atoms with Crippen LogP contribution in [0, 0.1) is 28.1 Å². The molecule has 3 nitrogen and oxygen atoms in total. The van der Waals surface area contributed by atoms with E-state index in [0.29, 0.717) is 22.6 Å². The lowest BCUT2D eigenvalue weighted by Gasteiger charge is -2.43. The molecule has 2 bridgehead atoms. The summed E-state index contributed by atoms with van der Waals surface area (Å²) in [5.74, 6) is 0.826. The molecule has 3 rings (SSSR count). The fourth-order valence-electron chi connectivity index (χ4n) is 4.41. The van der Waals surface area contributed by atoms with Crippen LogP contribution >= 0.6 is 0 Å². The van der Waals surface area contributed by atoms with Crippen molar-refractivity contribution in [1.29, 1.82) is 5.26 Å². The lowest BCUT2D eigenvalue weighted by molar-refractivity contribution is 0.155. The van der Waals surface area contributed by atoms with Crippen molar-refractivity contribution in [2.75, 3.05) is 5.32 Å². The first-order valence-electron chi connectivity index (χ1n) is 7.08. The minimum atomic E-state index is 0.322. The zero-order chi connectivity index (χ0) is 13.7. The standard InChI is InChI=1S/C16H21N3/c1-15(2)11-4-6-16(3,9-11)14(15)19-12-5-7-18-13(8-12)10-17/h5,7-8,11,14H,4,6,9H2,1-3H3,(H,18,19). The predicted octanol–water partition coefficient (Wildman–Crippen LogP) is 3.58. The minimum absolute atomic E-state index is 0.322. The van der Waals surface area contributed by atoms with Gasteiger partial charge in [0.1, 0.15) is 11.8 Å². The van der Waals surface area contributed by atoms with Gasteiger partial charge in [0.05, 0.1) is 0 Å². The van der Waals surface area contributed by atoms with Gasteiger partial charge in [0.25, 0.3) is 0 Å². The molecular formula is C16H21N3. The molecule has 1 N–H and O–H groups in total. The summed E-state index contributed by atoms with van der Waals surface area (Å²) in [5.41, 5.74) is 2.22. The van der Waals surface area contributed by atoms with Gasteiger partial charge in [-0.3, -0.25) is 0 Å². The molecule has 1 heterocycles. The Bertz CT molecular complexity index is 538. The molecular weight excluding hydrogens is 234 g/mol. The smallest absolute Gasteiger partial charge is 0.142 e. The van der Waals surface area contributed by atoms with Crippen molar-refractivity contribution < 1.29 is 0 Å². The van der Waals surface area contributed by atoms with Crippen molar-refractivity contribution in [3.8, 4) is 6.07 Å². The van der Waals surface area contributed by atoms with Crippen molar-refractivity contribution >= 4 is 5.69 Å². The highest BCUT2D eigenvalue weighted by Crippen LogP contribution is 2.63. The molecule has 0 aliphatic heterocycles. The number of rotatable bonds is 2. The normalized spacial score (nSPS) is 35.1. The highest BCUT2D eigenvalue weighted by atomic mass is 15.0. The second-order valence-electron chi connectivity index (χ2n) is 7.03. The molecule has 1 aromatic heterocycles. The van der Waals surface area contributed by atoms with E-state index < -0.39 is 0 Å². The fraction of sp³-hybridized carbons (Fsp3) is 0.625. The van der Waals surface area contributed by atoms with Crippen molar-refractivity contribution in [2.45, 2.75) is 46.1 Å². The average Bonchev–Trinajstić information content (AvgIpc) is 2.86. The first-order chi connectivity index (χ1) is 8.95. The lowest BCUT2D eigenvalue weighted by atomic mass is 9.68. The molecule has 2 aliphatic rings. The van der Waals surface area contributed by atoms with Crippen LogP contribution in [0.15, 0.2) is 18.3 Å². The van der Waals surface area contributed by atoms with E-state index in [4.69, 9.17) is 5.26 Å². The summed E-state index contributed by atoms with van der Waals surface area (Å²) in [7, 11) is 0. The van der Waals surface area contributed by atoms with Gasteiger partial charge in [-0.05, 0) is 48.1 Å². The zero-order valence-corrected chi connectivity index (χ0v) is 11.9. The third-order valence-electron chi connectivity index (χ3n) is 5.46. The Balaban J connectivity index is 1.88. The number of hydrogen-bond acceptors (Lipinski definition) is 3. The van der Waals surface area contributed by atoms with Gasteiger partial charge in [-0.15, -0.1) is 0 Å². The monoisotopic (exact) mass is 255 g/mol. The highest BCUT2D eigenvalue weighted by Gasteiger charge is 2.59. The molecule has 2 saturated carbocycles. The highest BCUT2D eigenvalue weighted by molar-refractivity contribution is 5.48. The third-order valence-corrected chi connectivity index (χ3v) is 5.46. The van der Waals surface area contributed by atoms with E-state index in [1.807, 2.05) is 12.1 Å². The molecule has 0 aromatic carbocycles. The Morgan fingerprint density at radius 1 is 1.42 bits per heavy atom. The second kappa shape index (κ2) is 3.96. The summed E-state index contributed by atoms with van der Waals surface area (Å²) in [6, 6.07) is 6.40. The van der Waals surface area contributed by atoms with Crippen molar-refractivity contribution in [3.63, 3.8) is 0 Å². The van der Waals surface area contributed by atoms with Crippen LogP contribution < -0.4 is 5.32 Å². The largest absolute Gasteiger partial charge is 0.381 e. The molecule has 0 radical (unpaired) electrons. The first kappa shape index (κ1) is 12.5. The quantitative estimate of drug-likeness (QED) is 0.878. The maximum absolute atomic E-state index is 8.94. The third kappa shape index (κ3) is 1.82. The molecule has 3 unspecified atom stereocenters. The van der Waals surface area contributed by atoms with Crippen molar-refractivity contribution in [1.82, 2.24) is 4.98 Å². The molecule has 19 heavy (non-hydrogen) atoms. The van der Waals surface area contributed by atoms with E-state index in [-0.39, 0.29) is 0 Å². The lowest BCUT2D eigenvalue weighted by Crippen LogP contribution is -2.45.